The van der Waals surface area contributed by atoms with Crippen LogP contribution in [0.1, 0.15) is 33.6 Å². The Balaban J connectivity index is 2.21. The van der Waals surface area contributed by atoms with Gasteiger partial charge in [0.05, 0.1) is 6.10 Å². The molecule has 0 amide bonds. The van der Waals surface area contributed by atoms with Crippen molar-refractivity contribution in [3.63, 3.8) is 0 Å². The minimum atomic E-state index is -0.404. The van der Waals surface area contributed by atoms with Crippen LogP contribution < -0.4 is 0 Å². The molecule has 76 valence electrons. The smallest absolute Gasteiger partial charge is 0.348 e. The minimum absolute atomic E-state index is 0.171. The second kappa shape index (κ2) is 4.09. The van der Waals surface area contributed by atoms with Crippen molar-refractivity contribution in [2.45, 2.75) is 45.8 Å². The first kappa shape index (κ1) is 10.5. The van der Waals surface area contributed by atoms with E-state index in [1.807, 2.05) is 6.92 Å². The molecule has 0 aromatic carbocycles. The van der Waals surface area contributed by atoms with Crippen LogP contribution in [-0.2, 0) is 9.53 Å². The van der Waals surface area contributed by atoms with Crippen molar-refractivity contribution in [2.75, 3.05) is 0 Å². The molecule has 3 atom stereocenters. The molecule has 13 heavy (non-hydrogen) atoms. The van der Waals surface area contributed by atoms with Gasteiger partial charge < -0.3 is 9.84 Å². The Bertz CT molecular complexity index is 189. The second-order valence-corrected chi connectivity index (χ2v) is 4.34. The summed E-state index contributed by atoms with van der Waals surface area (Å²) in [4.78, 5) is 10.5. The van der Waals surface area contributed by atoms with Crippen molar-refractivity contribution < 1.29 is 14.6 Å². The molecule has 1 rings (SSSR count). The average molecular weight is 186 g/mol. The number of carbonyl (C=O) groups excluding carboxylic acids is 1. The molecule has 0 saturated carbocycles. The topological polar surface area (TPSA) is 49.8 Å². The van der Waals surface area contributed by atoms with Crippen LogP contribution in [0.3, 0.4) is 0 Å². The Morgan fingerprint density at radius 3 is 2.38 bits per heavy atom. The Hall–Kier alpha value is -0.570. The van der Waals surface area contributed by atoms with Crippen molar-refractivity contribution in [1.29, 1.82) is 0 Å². The maximum absolute atomic E-state index is 10.5. The third-order valence-corrected chi connectivity index (χ3v) is 2.42. The highest BCUT2D eigenvalue weighted by Crippen LogP contribution is 2.24. The van der Waals surface area contributed by atoms with Crippen LogP contribution in [0.2, 0.25) is 0 Å². The molecule has 1 fully saturated rings. The van der Waals surface area contributed by atoms with Gasteiger partial charge in [-0.3, -0.25) is 0 Å². The lowest BCUT2D eigenvalue weighted by Crippen LogP contribution is -2.21. The lowest BCUT2D eigenvalue weighted by atomic mass is 9.91. The molecule has 3 unspecified atom stereocenters. The SMILES string of the molecule is CC(C)CC(C)C(O)CC1OC1=O. The number of hydrogen-bond donors (Lipinski definition) is 1. The largest absolute Gasteiger partial charge is 0.447 e. The molecule has 1 aliphatic rings. The van der Waals surface area contributed by atoms with E-state index >= 15 is 0 Å². The zero-order chi connectivity index (χ0) is 10.0. The zero-order valence-corrected chi connectivity index (χ0v) is 8.49. The maximum atomic E-state index is 10.5. The van der Waals surface area contributed by atoms with E-state index in [9.17, 15) is 9.90 Å². The molecular weight excluding hydrogens is 168 g/mol. The Morgan fingerprint density at radius 2 is 2.00 bits per heavy atom. The molecule has 1 aliphatic heterocycles. The second-order valence-electron chi connectivity index (χ2n) is 4.34. The summed E-state index contributed by atoms with van der Waals surface area (Å²) in [6, 6.07) is 0. The summed E-state index contributed by atoms with van der Waals surface area (Å²) < 4.78 is 4.64. The van der Waals surface area contributed by atoms with Gasteiger partial charge in [0.2, 0.25) is 6.10 Å². The molecule has 0 aliphatic carbocycles. The summed E-state index contributed by atoms with van der Waals surface area (Å²) in [5.41, 5.74) is 0. The number of ether oxygens (including phenoxy) is 1. The van der Waals surface area contributed by atoms with E-state index in [0.29, 0.717) is 12.3 Å². The molecule has 3 heteroatoms. The number of aliphatic hydroxyl groups is 1. The predicted molar refractivity (Wildman–Crippen MR) is 49.1 cm³/mol. The van der Waals surface area contributed by atoms with E-state index in [4.69, 9.17) is 0 Å². The molecule has 0 aromatic heterocycles. The molecule has 1 saturated heterocycles. The lowest BCUT2D eigenvalue weighted by Gasteiger charge is -2.19. The number of carbonyl (C=O) groups is 1. The van der Waals surface area contributed by atoms with Crippen LogP contribution in [0.4, 0.5) is 0 Å². The molecule has 1 N–H and O–H groups in total. The normalized spacial score (nSPS) is 25.6. The summed E-state index contributed by atoms with van der Waals surface area (Å²) >= 11 is 0. The summed E-state index contributed by atoms with van der Waals surface area (Å²) in [5.74, 6) is 0.660. The maximum Gasteiger partial charge on any atom is 0.348 e. The Labute approximate surface area is 79.1 Å². The highest BCUT2D eigenvalue weighted by Gasteiger charge is 2.40. The number of epoxide rings is 1. The van der Waals surface area contributed by atoms with Gasteiger partial charge in [0.15, 0.2) is 0 Å². The van der Waals surface area contributed by atoms with Gasteiger partial charge in [0, 0.05) is 6.42 Å². The first-order valence-electron chi connectivity index (χ1n) is 4.89. The molecule has 0 radical (unpaired) electrons. The van der Waals surface area contributed by atoms with Gasteiger partial charge in [0.1, 0.15) is 0 Å². The van der Waals surface area contributed by atoms with E-state index in [1.165, 1.54) is 0 Å². The molecule has 0 bridgehead atoms. The third kappa shape index (κ3) is 3.35. The lowest BCUT2D eigenvalue weighted by molar-refractivity contribution is -0.117. The monoisotopic (exact) mass is 186 g/mol. The fourth-order valence-electron chi connectivity index (χ4n) is 1.60. The van der Waals surface area contributed by atoms with Crippen LogP contribution in [0.15, 0.2) is 0 Å². The van der Waals surface area contributed by atoms with Crippen molar-refractivity contribution in [3.05, 3.63) is 0 Å². The molecule has 0 aromatic rings. The van der Waals surface area contributed by atoms with E-state index in [2.05, 4.69) is 18.6 Å². The fraction of sp³-hybridized carbons (Fsp3) is 0.900. The first-order valence-corrected chi connectivity index (χ1v) is 4.89. The van der Waals surface area contributed by atoms with Crippen LogP contribution >= 0.6 is 0 Å². The number of aliphatic hydroxyl groups excluding tert-OH is 1. The number of cyclic esters (lactones) is 1. The van der Waals surface area contributed by atoms with Crippen LogP contribution in [0, 0.1) is 11.8 Å². The van der Waals surface area contributed by atoms with Gasteiger partial charge in [0.25, 0.3) is 0 Å². The predicted octanol–water partition coefficient (Wildman–Crippen LogP) is 1.34. The third-order valence-electron chi connectivity index (χ3n) is 2.42. The Morgan fingerprint density at radius 1 is 1.46 bits per heavy atom. The van der Waals surface area contributed by atoms with Gasteiger partial charge in [-0.15, -0.1) is 0 Å². The van der Waals surface area contributed by atoms with E-state index in [-0.39, 0.29) is 18.0 Å². The van der Waals surface area contributed by atoms with Crippen molar-refractivity contribution in [1.82, 2.24) is 0 Å². The van der Waals surface area contributed by atoms with Crippen LogP contribution in [0.25, 0.3) is 0 Å². The van der Waals surface area contributed by atoms with E-state index < -0.39 is 6.10 Å². The van der Waals surface area contributed by atoms with E-state index in [0.717, 1.165) is 6.42 Å². The van der Waals surface area contributed by atoms with Gasteiger partial charge in [-0.05, 0) is 18.3 Å². The standard InChI is InChI=1S/C10H18O3/c1-6(2)4-7(3)8(11)5-9-10(12)13-9/h6-9,11H,4-5H2,1-3H3. The molecular formula is C10H18O3. The summed E-state index contributed by atoms with van der Waals surface area (Å²) in [5, 5.41) is 9.66. The first-order chi connectivity index (χ1) is 6.00. The molecule has 3 nitrogen and oxygen atoms in total. The van der Waals surface area contributed by atoms with Crippen molar-refractivity contribution in [3.8, 4) is 0 Å². The minimum Gasteiger partial charge on any atom is -0.447 e. The van der Waals surface area contributed by atoms with Gasteiger partial charge in [-0.2, -0.15) is 0 Å². The van der Waals surface area contributed by atoms with Crippen molar-refractivity contribution >= 4 is 5.97 Å². The highest BCUT2D eigenvalue weighted by atomic mass is 16.6. The summed E-state index contributed by atoms with van der Waals surface area (Å²) in [7, 11) is 0. The van der Waals surface area contributed by atoms with Gasteiger partial charge in [-0.1, -0.05) is 20.8 Å². The van der Waals surface area contributed by atoms with E-state index in [1.54, 1.807) is 0 Å². The average Bonchev–Trinajstić information content (AvgIpc) is 2.64. The van der Waals surface area contributed by atoms with Gasteiger partial charge in [-0.25, -0.2) is 4.79 Å². The van der Waals surface area contributed by atoms with Crippen molar-refractivity contribution in [2.24, 2.45) is 11.8 Å². The summed E-state index contributed by atoms with van der Waals surface area (Å²) in [6.07, 6.45) is 0.734. The number of rotatable bonds is 5. The Kier molecular flexibility index (Phi) is 3.31. The molecule has 0 spiro atoms. The molecule has 1 heterocycles. The summed E-state index contributed by atoms with van der Waals surface area (Å²) in [6.45, 7) is 6.27. The zero-order valence-electron chi connectivity index (χ0n) is 8.49. The van der Waals surface area contributed by atoms with Crippen LogP contribution in [0.5, 0.6) is 0 Å². The fourth-order valence-corrected chi connectivity index (χ4v) is 1.60. The number of hydrogen-bond acceptors (Lipinski definition) is 3. The van der Waals surface area contributed by atoms with Crippen LogP contribution in [-0.4, -0.2) is 23.3 Å². The highest BCUT2D eigenvalue weighted by molar-refractivity contribution is 5.87. The quantitative estimate of drug-likeness (QED) is 0.659. The van der Waals surface area contributed by atoms with Gasteiger partial charge >= 0.3 is 5.97 Å².